The van der Waals surface area contributed by atoms with Crippen molar-refractivity contribution in [1.82, 2.24) is 15.5 Å². The number of fused-ring (bicyclic) bond motifs is 1. The summed E-state index contributed by atoms with van der Waals surface area (Å²) < 4.78 is 0. The summed E-state index contributed by atoms with van der Waals surface area (Å²) in [4.78, 5) is 50.4. The number of amides is 3. The van der Waals surface area contributed by atoms with Crippen LogP contribution in [0.5, 0.6) is 0 Å². The maximum Gasteiger partial charge on any atom is 0.251 e. The number of carbonyl (C=O) groups excluding carboxylic acids is 4. The Labute approximate surface area is 163 Å². The molecule has 2 N–H and O–H groups in total. The molecule has 4 rings (SSSR count). The Bertz CT molecular complexity index is 827. The zero-order valence-electron chi connectivity index (χ0n) is 15.8. The number of ketones is 1. The van der Waals surface area contributed by atoms with E-state index in [2.05, 4.69) is 10.6 Å². The van der Waals surface area contributed by atoms with Crippen molar-refractivity contribution in [3.63, 3.8) is 0 Å². The van der Waals surface area contributed by atoms with Gasteiger partial charge in [0.05, 0.1) is 6.54 Å². The minimum atomic E-state index is -0.131. The molecule has 1 saturated heterocycles. The molecule has 28 heavy (non-hydrogen) atoms. The van der Waals surface area contributed by atoms with Gasteiger partial charge in [0.25, 0.3) is 5.91 Å². The van der Waals surface area contributed by atoms with Gasteiger partial charge in [-0.05, 0) is 43.7 Å². The summed E-state index contributed by atoms with van der Waals surface area (Å²) in [6.07, 6.45) is 4.02. The van der Waals surface area contributed by atoms with Gasteiger partial charge >= 0.3 is 0 Å². The first-order valence-corrected chi connectivity index (χ1v) is 10.0. The van der Waals surface area contributed by atoms with Crippen LogP contribution in [0.15, 0.2) is 18.2 Å². The molecule has 3 aliphatic rings. The first-order chi connectivity index (χ1) is 13.5. The van der Waals surface area contributed by atoms with Crippen molar-refractivity contribution >= 4 is 23.5 Å². The quantitative estimate of drug-likeness (QED) is 0.816. The first-order valence-electron chi connectivity index (χ1n) is 10.0. The van der Waals surface area contributed by atoms with Crippen molar-refractivity contribution in [2.24, 2.45) is 5.92 Å². The fourth-order valence-electron chi connectivity index (χ4n) is 4.54. The molecule has 0 spiro atoms. The van der Waals surface area contributed by atoms with E-state index in [9.17, 15) is 19.2 Å². The summed E-state index contributed by atoms with van der Waals surface area (Å²) in [5.74, 6) is -0.143. The van der Waals surface area contributed by atoms with Crippen LogP contribution in [0.1, 0.15) is 58.4 Å². The molecule has 2 aliphatic carbocycles. The Hall–Kier alpha value is -2.70. The standard InChI is InChI=1S/C21H25N3O4/c25-18-9-8-15-16(18)2-1-3-17(15)20(27)23-14-6-4-13(5-7-14)21(28)24-11-10-22-19(26)12-24/h1-3,13-14H,4-12H2,(H,22,26)(H,23,27). The van der Waals surface area contributed by atoms with Crippen molar-refractivity contribution in [3.05, 3.63) is 34.9 Å². The number of hydrogen-bond donors (Lipinski definition) is 2. The van der Waals surface area contributed by atoms with E-state index in [1.165, 1.54) is 0 Å². The molecular weight excluding hydrogens is 358 g/mol. The number of nitrogens with zero attached hydrogens (tertiary/aromatic N) is 1. The molecule has 1 aromatic carbocycles. The van der Waals surface area contributed by atoms with Crippen LogP contribution in [0.3, 0.4) is 0 Å². The number of Topliss-reactive ketones (excluding diaryl/α,β-unsaturated/α-hetero) is 1. The molecule has 0 atom stereocenters. The van der Waals surface area contributed by atoms with E-state index < -0.39 is 0 Å². The van der Waals surface area contributed by atoms with Gasteiger partial charge in [0.1, 0.15) is 0 Å². The Balaban J connectivity index is 1.32. The van der Waals surface area contributed by atoms with Crippen LogP contribution in [0.4, 0.5) is 0 Å². The predicted octanol–water partition coefficient (Wildman–Crippen LogP) is 1.06. The van der Waals surface area contributed by atoms with Crippen LogP contribution in [0.25, 0.3) is 0 Å². The normalized spacial score (nSPS) is 24.5. The third-order valence-electron chi connectivity index (χ3n) is 6.08. The van der Waals surface area contributed by atoms with Crippen molar-refractivity contribution < 1.29 is 19.2 Å². The van der Waals surface area contributed by atoms with Crippen LogP contribution in [-0.2, 0) is 16.0 Å². The van der Waals surface area contributed by atoms with Gasteiger partial charge in [-0.15, -0.1) is 0 Å². The van der Waals surface area contributed by atoms with Gasteiger partial charge in [-0.2, -0.15) is 0 Å². The molecule has 7 nitrogen and oxygen atoms in total. The Morgan fingerprint density at radius 2 is 1.86 bits per heavy atom. The molecular formula is C21H25N3O4. The first kappa shape index (κ1) is 18.7. The van der Waals surface area contributed by atoms with Crippen molar-refractivity contribution in [2.75, 3.05) is 19.6 Å². The van der Waals surface area contributed by atoms with Gasteiger partial charge < -0.3 is 15.5 Å². The topological polar surface area (TPSA) is 95.6 Å². The number of piperazine rings is 1. The molecule has 7 heteroatoms. The second-order valence-electron chi connectivity index (χ2n) is 7.89. The van der Waals surface area contributed by atoms with Crippen molar-refractivity contribution in [3.8, 4) is 0 Å². The zero-order chi connectivity index (χ0) is 19.7. The highest BCUT2D eigenvalue weighted by Gasteiger charge is 2.32. The fraction of sp³-hybridized carbons (Fsp3) is 0.524. The van der Waals surface area contributed by atoms with E-state index in [1.54, 1.807) is 23.1 Å². The lowest BCUT2D eigenvalue weighted by Crippen LogP contribution is -2.52. The van der Waals surface area contributed by atoms with Crippen LogP contribution >= 0.6 is 0 Å². The molecule has 1 heterocycles. The van der Waals surface area contributed by atoms with E-state index in [4.69, 9.17) is 0 Å². The maximum absolute atomic E-state index is 12.7. The Morgan fingerprint density at radius 1 is 1.07 bits per heavy atom. The van der Waals surface area contributed by atoms with E-state index in [0.29, 0.717) is 49.9 Å². The van der Waals surface area contributed by atoms with Gasteiger partial charge in [0, 0.05) is 42.6 Å². The molecule has 148 valence electrons. The fourth-order valence-corrected chi connectivity index (χ4v) is 4.54. The van der Waals surface area contributed by atoms with Crippen molar-refractivity contribution in [1.29, 1.82) is 0 Å². The Kier molecular flexibility index (Phi) is 5.15. The van der Waals surface area contributed by atoms with Gasteiger partial charge in [-0.25, -0.2) is 0 Å². The van der Waals surface area contributed by atoms with Gasteiger partial charge in [0.15, 0.2) is 5.78 Å². The predicted molar refractivity (Wildman–Crippen MR) is 102 cm³/mol. The largest absolute Gasteiger partial charge is 0.353 e. The molecule has 0 aromatic heterocycles. The second-order valence-corrected chi connectivity index (χ2v) is 7.89. The van der Waals surface area contributed by atoms with Crippen LogP contribution in [-0.4, -0.2) is 54.1 Å². The van der Waals surface area contributed by atoms with E-state index in [0.717, 1.165) is 18.4 Å². The number of carbonyl (C=O) groups is 4. The molecule has 0 radical (unpaired) electrons. The summed E-state index contributed by atoms with van der Waals surface area (Å²) in [6, 6.07) is 5.37. The van der Waals surface area contributed by atoms with E-state index in [1.807, 2.05) is 0 Å². The average Bonchev–Trinajstić information content (AvgIpc) is 3.09. The summed E-state index contributed by atoms with van der Waals surface area (Å²) in [5, 5.41) is 5.82. The lowest BCUT2D eigenvalue weighted by atomic mass is 9.84. The molecule has 3 amide bonds. The van der Waals surface area contributed by atoms with Gasteiger partial charge in [-0.3, -0.25) is 19.2 Å². The molecule has 0 unspecified atom stereocenters. The van der Waals surface area contributed by atoms with Gasteiger partial charge in [0.2, 0.25) is 11.8 Å². The second kappa shape index (κ2) is 7.73. The number of nitrogens with one attached hydrogen (secondary N) is 2. The summed E-state index contributed by atoms with van der Waals surface area (Å²) >= 11 is 0. The summed E-state index contributed by atoms with van der Waals surface area (Å²) in [6.45, 7) is 1.23. The number of hydrogen-bond acceptors (Lipinski definition) is 4. The molecule has 0 bridgehead atoms. The lowest BCUT2D eigenvalue weighted by Gasteiger charge is -2.34. The molecule has 1 aromatic rings. The lowest BCUT2D eigenvalue weighted by molar-refractivity contribution is -0.142. The monoisotopic (exact) mass is 383 g/mol. The van der Waals surface area contributed by atoms with Crippen LogP contribution < -0.4 is 10.6 Å². The third-order valence-corrected chi connectivity index (χ3v) is 6.08. The van der Waals surface area contributed by atoms with Crippen molar-refractivity contribution in [2.45, 2.75) is 44.6 Å². The Morgan fingerprint density at radius 3 is 2.61 bits per heavy atom. The molecule has 2 fully saturated rings. The minimum Gasteiger partial charge on any atom is -0.353 e. The highest BCUT2D eigenvalue weighted by atomic mass is 16.2. The third kappa shape index (κ3) is 3.66. The smallest absolute Gasteiger partial charge is 0.251 e. The van der Waals surface area contributed by atoms with Crippen LogP contribution in [0.2, 0.25) is 0 Å². The van der Waals surface area contributed by atoms with E-state index in [-0.39, 0.29) is 42.0 Å². The molecule has 1 saturated carbocycles. The van der Waals surface area contributed by atoms with Gasteiger partial charge in [-0.1, -0.05) is 12.1 Å². The SMILES string of the molecule is O=C1CN(C(=O)C2CCC(NC(=O)c3cccc4c3CCC4=O)CC2)CCN1. The van der Waals surface area contributed by atoms with Crippen LogP contribution in [0, 0.1) is 5.92 Å². The molecule has 1 aliphatic heterocycles. The van der Waals surface area contributed by atoms with E-state index >= 15 is 0 Å². The maximum atomic E-state index is 12.7. The average molecular weight is 383 g/mol. The highest BCUT2D eigenvalue weighted by Crippen LogP contribution is 2.28. The summed E-state index contributed by atoms with van der Waals surface area (Å²) in [7, 11) is 0. The summed E-state index contributed by atoms with van der Waals surface area (Å²) in [5.41, 5.74) is 2.13. The number of benzene rings is 1. The zero-order valence-corrected chi connectivity index (χ0v) is 15.8. The highest BCUT2D eigenvalue weighted by molar-refractivity contribution is 6.05. The number of rotatable bonds is 3. The minimum absolute atomic E-state index is 0.0363.